The van der Waals surface area contributed by atoms with Crippen molar-refractivity contribution in [3.8, 4) is 0 Å². The number of allylic oxidation sites excluding steroid dienone is 1. The topological polar surface area (TPSA) is 78.3 Å². The highest BCUT2D eigenvalue weighted by Crippen LogP contribution is 2.00. The number of halogens is 1. The summed E-state index contributed by atoms with van der Waals surface area (Å²) in [6, 6.07) is 0. The third-order valence-corrected chi connectivity index (χ3v) is 1.33. The van der Waals surface area contributed by atoms with E-state index in [2.05, 4.69) is 17.0 Å². The van der Waals surface area contributed by atoms with Crippen molar-refractivity contribution in [3.63, 3.8) is 0 Å². The van der Waals surface area contributed by atoms with Gasteiger partial charge in [-0.15, -0.1) is 0 Å². The molecule has 0 aliphatic heterocycles. The van der Waals surface area contributed by atoms with Crippen molar-refractivity contribution < 1.29 is 9.53 Å². The zero-order chi connectivity index (χ0) is 9.02. The van der Waals surface area contributed by atoms with Crippen LogP contribution in [-0.2, 0) is 9.53 Å². The lowest BCUT2D eigenvalue weighted by atomic mass is 10.4. The molecule has 0 amide bonds. The molecule has 0 aromatic heterocycles. The minimum atomic E-state index is -0.745. The van der Waals surface area contributed by atoms with Gasteiger partial charge in [-0.3, -0.25) is 0 Å². The summed E-state index contributed by atoms with van der Waals surface area (Å²) in [6.07, 6.45) is 0. The molecule has 0 radical (unpaired) electrons. The maximum Gasteiger partial charge on any atom is 0.356 e. The van der Waals surface area contributed by atoms with Crippen LogP contribution in [0.1, 0.15) is 0 Å². The standard InChI is InChI=1S/C5H7ClN2O2S/c1-10-5(9)3(8)2(7)4(6)11/h7-8H2,1H3. The Bertz CT molecular complexity index is 227. The van der Waals surface area contributed by atoms with Crippen LogP contribution < -0.4 is 11.5 Å². The first-order chi connectivity index (χ1) is 5.00. The van der Waals surface area contributed by atoms with Crippen molar-refractivity contribution in [1.82, 2.24) is 0 Å². The number of hydrogen-bond acceptors (Lipinski definition) is 5. The molecule has 0 heterocycles. The average molecular weight is 195 g/mol. The van der Waals surface area contributed by atoms with Gasteiger partial charge in [0.2, 0.25) is 0 Å². The maximum atomic E-state index is 10.7. The second-order valence-corrected chi connectivity index (χ2v) is 2.60. The Labute approximate surface area is 74.1 Å². The normalized spacial score (nSPS) is 11.8. The Morgan fingerprint density at radius 1 is 1.45 bits per heavy atom. The summed E-state index contributed by atoms with van der Waals surface area (Å²) in [5, 5.41) is 0. The predicted molar refractivity (Wildman–Crippen MR) is 45.9 cm³/mol. The molecule has 0 bridgehead atoms. The van der Waals surface area contributed by atoms with Crippen molar-refractivity contribution in [2.75, 3.05) is 7.11 Å². The van der Waals surface area contributed by atoms with Crippen LogP contribution in [0.25, 0.3) is 0 Å². The van der Waals surface area contributed by atoms with E-state index in [4.69, 9.17) is 23.1 Å². The molecule has 0 fully saturated rings. The molecule has 4 nitrogen and oxygen atoms in total. The summed E-state index contributed by atoms with van der Waals surface area (Å²) in [5.74, 6) is -0.745. The van der Waals surface area contributed by atoms with Crippen molar-refractivity contribution in [2.24, 2.45) is 11.5 Å². The van der Waals surface area contributed by atoms with Gasteiger partial charge >= 0.3 is 5.97 Å². The van der Waals surface area contributed by atoms with E-state index in [1.54, 1.807) is 0 Å². The van der Waals surface area contributed by atoms with Crippen molar-refractivity contribution in [3.05, 3.63) is 11.4 Å². The maximum absolute atomic E-state index is 10.7. The second kappa shape index (κ2) is 4.15. The van der Waals surface area contributed by atoms with Gasteiger partial charge in [0.25, 0.3) is 0 Å². The van der Waals surface area contributed by atoms with E-state index in [9.17, 15) is 4.79 Å². The zero-order valence-corrected chi connectivity index (χ0v) is 7.33. The number of methoxy groups -OCH3 is 1. The summed E-state index contributed by atoms with van der Waals surface area (Å²) >= 11 is 9.74. The van der Waals surface area contributed by atoms with E-state index in [1.165, 1.54) is 7.11 Å². The summed E-state index contributed by atoms with van der Waals surface area (Å²) in [5.41, 5.74) is 10.00. The van der Waals surface area contributed by atoms with Gasteiger partial charge in [0.05, 0.1) is 12.8 Å². The highest BCUT2D eigenvalue weighted by Gasteiger charge is 2.11. The first-order valence-electron chi connectivity index (χ1n) is 2.54. The van der Waals surface area contributed by atoms with Gasteiger partial charge in [0.15, 0.2) is 0 Å². The fraction of sp³-hybridized carbons (Fsp3) is 0.200. The molecule has 11 heavy (non-hydrogen) atoms. The SMILES string of the molecule is COC(=O)C(N)=C(N)C(=S)Cl. The van der Waals surface area contributed by atoms with E-state index < -0.39 is 5.97 Å². The third-order valence-electron chi connectivity index (χ3n) is 0.907. The Hall–Kier alpha value is -0.810. The predicted octanol–water partition coefficient (Wildman–Crippen LogP) is -0.145. The summed E-state index contributed by atoms with van der Waals surface area (Å²) in [4.78, 5) is 10.7. The summed E-state index contributed by atoms with van der Waals surface area (Å²) in [6.45, 7) is 0. The highest BCUT2D eigenvalue weighted by atomic mass is 35.5. The lowest BCUT2D eigenvalue weighted by Crippen LogP contribution is -2.21. The molecular formula is C5H7ClN2O2S. The summed E-state index contributed by atoms with van der Waals surface area (Å²) < 4.78 is 4.12. The molecule has 0 saturated carbocycles. The molecule has 62 valence electrons. The molecule has 0 unspecified atom stereocenters. The third kappa shape index (κ3) is 2.73. The van der Waals surface area contributed by atoms with Gasteiger partial charge in [0, 0.05) is 0 Å². The molecule has 0 aromatic rings. The quantitative estimate of drug-likeness (QED) is 0.277. The van der Waals surface area contributed by atoms with Crippen molar-refractivity contribution >= 4 is 34.1 Å². The molecule has 0 aromatic carbocycles. The molecule has 0 saturated heterocycles. The number of ether oxygens (including phenoxy) is 1. The molecule has 0 rings (SSSR count). The van der Waals surface area contributed by atoms with Gasteiger partial charge < -0.3 is 16.2 Å². The molecule has 6 heteroatoms. The number of thiocarbonyl (C=S) groups is 1. The van der Waals surface area contributed by atoms with Gasteiger partial charge in [-0.25, -0.2) is 4.79 Å². The lowest BCUT2D eigenvalue weighted by molar-refractivity contribution is -0.136. The highest BCUT2D eigenvalue weighted by molar-refractivity contribution is 7.83. The van der Waals surface area contributed by atoms with Crippen LogP contribution in [0.4, 0.5) is 0 Å². The van der Waals surface area contributed by atoms with E-state index in [0.29, 0.717) is 0 Å². The average Bonchev–Trinajstić information content (AvgIpc) is 2.00. The number of carbonyl (C=O) groups excluding carboxylic acids is 1. The zero-order valence-electron chi connectivity index (χ0n) is 5.76. The Kier molecular flexibility index (Phi) is 3.84. The molecule has 0 spiro atoms. The smallest absolute Gasteiger partial charge is 0.356 e. The largest absolute Gasteiger partial charge is 0.464 e. The number of hydrogen-bond donors (Lipinski definition) is 2. The van der Waals surface area contributed by atoms with Gasteiger partial charge in [-0.1, -0.05) is 23.8 Å². The summed E-state index contributed by atoms with van der Waals surface area (Å²) in [7, 11) is 1.18. The Morgan fingerprint density at radius 2 is 1.91 bits per heavy atom. The minimum absolute atomic E-state index is 0.131. The van der Waals surface area contributed by atoms with E-state index in [0.717, 1.165) is 0 Å². The monoisotopic (exact) mass is 194 g/mol. The first kappa shape index (κ1) is 10.2. The molecule has 0 aliphatic rings. The fourth-order valence-electron chi connectivity index (χ4n) is 0.326. The van der Waals surface area contributed by atoms with Crippen LogP contribution in [0.5, 0.6) is 0 Å². The number of rotatable bonds is 2. The molecule has 4 N–H and O–H groups in total. The molecular weight excluding hydrogens is 188 g/mol. The number of carbonyl (C=O) groups is 1. The van der Waals surface area contributed by atoms with Crippen LogP contribution in [0.2, 0.25) is 0 Å². The molecule has 0 atom stereocenters. The van der Waals surface area contributed by atoms with E-state index >= 15 is 0 Å². The van der Waals surface area contributed by atoms with Crippen LogP contribution in [-0.4, -0.2) is 17.4 Å². The van der Waals surface area contributed by atoms with Gasteiger partial charge in [0.1, 0.15) is 10.0 Å². The Balaban J connectivity index is 4.66. The van der Waals surface area contributed by atoms with Crippen LogP contribution in [0, 0.1) is 0 Å². The van der Waals surface area contributed by atoms with Crippen LogP contribution >= 0.6 is 23.8 Å². The van der Waals surface area contributed by atoms with E-state index in [-0.39, 0.29) is 15.7 Å². The fourth-order valence-corrected chi connectivity index (χ4v) is 0.538. The number of esters is 1. The Morgan fingerprint density at radius 3 is 2.18 bits per heavy atom. The second-order valence-electron chi connectivity index (χ2n) is 1.59. The van der Waals surface area contributed by atoms with Gasteiger partial charge in [-0.2, -0.15) is 0 Å². The first-order valence-corrected chi connectivity index (χ1v) is 3.32. The minimum Gasteiger partial charge on any atom is -0.464 e. The lowest BCUT2D eigenvalue weighted by Gasteiger charge is -2.01. The number of nitrogens with two attached hydrogens (primary N) is 2. The van der Waals surface area contributed by atoms with Crippen molar-refractivity contribution in [1.29, 1.82) is 0 Å². The molecule has 0 aliphatic carbocycles. The van der Waals surface area contributed by atoms with Crippen LogP contribution in [0.3, 0.4) is 0 Å². The van der Waals surface area contributed by atoms with Crippen LogP contribution in [0.15, 0.2) is 11.4 Å². The van der Waals surface area contributed by atoms with Crippen molar-refractivity contribution in [2.45, 2.75) is 0 Å². The van der Waals surface area contributed by atoms with Gasteiger partial charge in [-0.05, 0) is 0 Å². The van der Waals surface area contributed by atoms with E-state index in [1.807, 2.05) is 0 Å².